The Kier molecular flexibility index (Phi) is 5.40. The van der Waals surface area contributed by atoms with Crippen molar-refractivity contribution in [3.05, 3.63) is 0 Å². The minimum absolute atomic E-state index is 0.316. The van der Waals surface area contributed by atoms with Gasteiger partial charge >= 0.3 is 0 Å². The Morgan fingerprint density at radius 2 is 1.68 bits per heavy atom. The molecule has 0 spiro atoms. The van der Waals surface area contributed by atoms with Crippen LogP contribution in [0, 0.1) is 17.8 Å². The van der Waals surface area contributed by atoms with Gasteiger partial charge in [-0.05, 0) is 43.9 Å². The van der Waals surface area contributed by atoms with Crippen LogP contribution in [-0.4, -0.2) is 61.0 Å². The standard InChI is InChI=1S/C18H33N3O/c1-14(2)15-3-5-16(6-4-15)18(22)21-10-7-17(13-21)20-11-8-19-9-12-20/h14-17,19H,3-13H2,1-2H3. The first-order valence-electron chi connectivity index (χ1n) is 9.38. The average molecular weight is 307 g/mol. The van der Waals surface area contributed by atoms with Gasteiger partial charge in [0.05, 0.1) is 0 Å². The molecule has 0 aromatic heterocycles. The average Bonchev–Trinajstić information content (AvgIpc) is 3.05. The molecule has 1 unspecified atom stereocenters. The Hall–Kier alpha value is -0.610. The molecule has 1 aliphatic carbocycles. The van der Waals surface area contributed by atoms with Crippen molar-refractivity contribution < 1.29 is 4.79 Å². The van der Waals surface area contributed by atoms with Gasteiger partial charge in [0.25, 0.3) is 0 Å². The maximum Gasteiger partial charge on any atom is 0.225 e. The van der Waals surface area contributed by atoms with E-state index in [1.807, 2.05) is 0 Å². The van der Waals surface area contributed by atoms with Crippen LogP contribution in [0.3, 0.4) is 0 Å². The lowest BCUT2D eigenvalue weighted by Crippen LogP contribution is -2.49. The quantitative estimate of drug-likeness (QED) is 0.866. The number of piperazine rings is 1. The molecule has 1 amide bonds. The second kappa shape index (κ2) is 7.31. The van der Waals surface area contributed by atoms with Crippen molar-refractivity contribution in [2.75, 3.05) is 39.3 Å². The number of nitrogens with one attached hydrogen (secondary N) is 1. The third-order valence-corrected chi connectivity index (χ3v) is 6.21. The molecule has 0 aromatic carbocycles. The number of amides is 1. The van der Waals surface area contributed by atoms with Gasteiger partial charge in [0.1, 0.15) is 0 Å². The van der Waals surface area contributed by atoms with Crippen LogP contribution in [0.2, 0.25) is 0 Å². The van der Waals surface area contributed by atoms with Crippen LogP contribution in [0.15, 0.2) is 0 Å². The second-order valence-corrected chi connectivity index (χ2v) is 7.87. The molecule has 3 rings (SSSR count). The third kappa shape index (κ3) is 3.65. The Labute approximate surface area is 135 Å². The Morgan fingerprint density at radius 3 is 2.32 bits per heavy atom. The highest BCUT2D eigenvalue weighted by Crippen LogP contribution is 2.34. The maximum absolute atomic E-state index is 12.8. The maximum atomic E-state index is 12.8. The van der Waals surface area contributed by atoms with E-state index in [1.165, 1.54) is 19.3 Å². The summed E-state index contributed by atoms with van der Waals surface area (Å²) >= 11 is 0. The summed E-state index contributed by atoms with van der Waals surface area (Å²) in [6.07, 6.45) is 5.92. The molecule has 0 radical (unpaired) electrons. The molecule has 22 heavy (non-hydrogen) atoms. The van der Waals surface area contributed by atoms with Crippen LogP contribution >= 0.6 is 0 Å². The fourth-order valence-corrected chi connectivity index (χ4v) is 4.58. The molecule has 2 saturated heterocycles. The third-order valence-electron chi connectivity index (χ3n) is 6.21. The van der Waals surface area contributed by atoms with Gasteiger partial charge < -0.3 is 10.2 Å². The van der Waals surface area contributed by atoms with Crippen LogP contribution in [0.4, 0.5) is 0 Å². The zero-order valence-electron chi connectivity index (χ0n) is 14.4. The first-order chi connectivity index (χ1) is 10.6. The van der Waals surface area contributed by atoms with E-state index in [0.29, 0.717) is 17.9 Å². The van der Waals surface area contributed by atoms with Crippen LogP contribution in [0.5, 0.6) is 0 Å². The Bertz CT molecular complexity index is 371. The van der Waals surface area contributed by atoms with E-state index in [1.54, 1.807) is 0 Å². The SMILES string of the molecule is CC(C)C1CCC(C(=O)N2CCC(N3CCNCC3)C2)CC1. The molecule has 0 aromatic rings. The number of hydrogen-bond acceptors (Lipinski definition) is 3. The summed E-state index contributed by atoms with van der Waals surface area (Å²) in [5.41, 5.74) is 0. The van der Waals surface area contributed by atoms with Crippen molar-refractivity contribution in [3.8, 4) is 0 Å². The van der Waals surface area contributed by atoms with E-state index in [2.05, 4.69) is 29.0 Å². The summed E-state index contributed by atoms with van der Waals surface area (Å²) in [6, 6.07) is 0.609. The first-order valence-corrected chi connectivity index (χ1v) is 9.38. The smallest absolute Gasteiger partial charge is 0.225 e. The molecule has 126 valence electrons. The van der Waals surface area contributed by atoms with Crippen LogP contribution in [0.25, 0.3) is 0 Å². The molecule has 1 saturated carbocycles. The van der Waals surface area contributed by atoms with E-state index >= 15 is 0 Å². The number of likely N-dealkylation sites (tertiary alicyclic amines) is 1. The first kappa shape index (κ1) is 16.3. The van der Waals surface area contributed by atoms with Gasteiger partial charge in [0.15, 0.2) is 0 Å². The van der Waals surface area contributed by atoms with E-state index < -0.39 is 0 Å². The summed E-state index contributed by atoms with van der Waals surface area (Å²) in [5.74, 6) is 2.40. The predicted molar refractivity (Wildman–Crippen MR) is 89.7 cm³/mol. The van der Waals surface area contributed by atoms with Gasteiger partial charge in [-0.25, -0.2) is 0 Å². The predicted octanol–water partition coefficient (Wildman–Crippen LogP) is 1.95. The number of nitrogens with zero attached hydrogens (tertiary/aromatic N) is 2. The van der Waals surface area contributed by atoms with Gasteiger partial charge in [-0.3, -0.25) is 9.69 Å². The molecular formula is C18H33N3O. The van der Waals surface area contributed by atoms with Gasteiger partial charge in [-0.1, -0.05) is 13.8 Å². The molecule has 1 atom stereocenters. The van der Waals surface area contributed by atoms with E-state index in [0.717, 1.165) is 63.9 Å². The van der Waals surface area contributed by atoms with Crippen molar-refractivity contribution in [2.24, 2.45) is 17.8 Å². The fourth-order valence-electron chi connectivity index (χ4n) is 4.58. The molecule has 4 heteroatoms. The number of carbonyl (C=O) groups is 1. The molecule has 1 N–H and O–H groups in total. The van der Waals surface area contributed by atoms with Gasteiger partial charge in [-0.15, -0.1) is 0 Å². The highest BCUT2D eigenvalue weighted by atomic mass is 16.2. The fraction of sp³-hybridized carbons (Fsp3) is 0.944. The number of hydrogen-bond donors (Lipinski definition) is 1. The number of carbonyl (C=O) groups excluding carboxylic acids is 1. The van der Waals surface area contributed by atoms with E-state index in [-0.39, 0.29) is 0 Å². The van der Waals surface area contributed by atoms with Crippen molar-refractivity contribution in [1.82, 2.24) is 15.1 Å². The zero-order chi connectivity index (χ0) is 15.5. The summed E-state index contributed by atoms with van der Waals surface area (Å²) in [7, 11) is 0. The van der Waals surface area contributed by atoms with E-state index in [4.69, 9.17) is 0 Å². The largest absolute Gasteiger partial charge is 0.341 e. The molecule has 4 nitrogen and oxygen atoms in total. The van der Waals surface area contributed by atoms with Crippen molar-refractivity contribution in [3.63, 3.8) is 0 Å². The minimum atomic E-state index is 0.316. The normalized spacial score (nSPS) is 34.3. The summed E-state index contributed by atoms with van der Waals surface area (Å²) in [4.78, 5) is 17.6. The van der Waals surface area contributed by atoms with Crippen LogP contribution in [0.1, 0.15) is 46.0 Å². The highest BCUT2D eigenvalue weighted by Gasteiger charge is 2.35. The van der Waals surface area contributed by atoms with Crippen molar-refractivity contribution in [2.45, 2.75) is 52.0 Å². The van der Waals surface area contributed by atoms with Gasteiger partial charge in [0.2, 0.25) is 5.91 Å². The number of rotatable bonds is 3. The summed E-state index contributed by atoms with van der Waals surface area (Å²) in [5, 5.41) is 3.41. The minimum Gasteiger partial charge on any atom is -0.341 e. The topological polar surface area (TPSA) is 35.6 Å². The van der Waals surface area contributed by atoms with Crippen LogP contribution < -0.4 is 5.32 Å². The molecule has 2 heterocycles. The zero-order valence-corrected chi connectivity index (χ0v) is 14.4. The molecular weight excluding hydrogens is 274 g/mol. The molecule has 3 aliphatic rings. The monoisotopic (exact) mass is 307 g/mol. The summed E-state index contributed by atoms with van der Waals surface area (Å²) in [6.45, 7) is 11.1. The van der Waals surface area contributed by atoms with Crippen molar-refractivity contribution in [1.29, 1.82) is 0 Å². The molecule has 3 fully saturated rings. The lowest BCUT2D eigenvalue weighted by molar-refractivity contribution is -0.136. The second-order valence-electron chi connectivity index (χ2n) is 7.87. The van der Waals surface area contributed by atoms with Gasteiger partial charge in [-0.2, -0.15) is 0 Å². The van der Waals surface area contributed by atoms with E-state index in [9.17, 15) is 4.79 Å². The molecule has 2 aliphatic heterocycles. The highest BCUT2D eigenvalue weighted by molar-refractivity contribution is 5.79. The molecule has 0 bridgehead atoms. The summed E-state index contributed by atoms with van der Waals surface area (Å²) < 4.78 is 0. The Morgan fingerprint density at radius 1 is 1.00 bits per heavy atom. The van der Waals surface area contributed by atoms with Crippen LogP contribution in [-0.2, 0) is 4.79 Å². The lowest BCUT2D eigenvalue weighted by Gasteiger charge is -2.34. The lowest BCUT2D eigenvalue weighted by atomic mass is 9.76. The van der Waals surface area contributed by atoms with Gasteiger partial charge in [0, 0.05) is 51.2 Å². The Balaban J connectivity index is 1.47. The van der Waals surface area contributed by atoms with Crippen molar-refractivity contribution >= 4 is 5.91 Å².